The maximum absolute atomic E-state index is 14.4. The van der Waals surface area contributed by atoms with Gasteiger partial charge in [0.1, 0.15) is 11.5 Å². The predicted molar refractivity (Wildman–Crippen MR) is 122 cm³/mol. The van der Waals surface area contributed by atoms with Gasteiger partial charge in [-0.1, -0.05) is 12.1 Å². The number of hydrogen-bond acceptors (Lipinski definition) is 6. The molecule has 1 aliphatic heterocycles. The van der Waals surface area contributed by atoms with Crippen LogP contribution < -0.4 is 5.73 Å². The Balaban J connectivity index is 1.52. The predicted octanol–water partition coefficient (Wildman–Crippen LogP) is 3.37. The molecule has 0 bridgehead atoms. The SMILES string of the molecule is COCCc1cc2nc(-c3nnc4ccc([C@H](C)N5CC[C@H](N)C5)cn34)ccc2cc1F. The van der Waals surface area contributed by atoms with Gasteiger partial charge < -0.3 is 10.5 Å². The monoisotopic (exact) mass is 434 g/mol. The topological polar surface area (TPSA) is 81.6 Å². The molecule has 2 N–H and O–H groups in total. The van der Waals surface area contributed by atoms with Crippen LogP contribution in [0.2, 0.25) is 0 Å². The summed E-state index contributed by atoms with van der Waals surface area (Å²) in [5.41, 5.74) is 10.1. The molecule has 32 heavy (non-hydrogen) atoms. The second-order valence-corrected chi connectivity index (χ2v) is 8.51. The molecule has 0 amide bonds. The lowest BCUT2D eigenvalue weighted by Gasteiger charge is -2.24. The first-order chi connectivity index (χ1) is 15.5. The van der Waals surface area contributed by atoms with Gasteiger partial charge >= 0.3 is 0 Å². The van der Waals surface area contributed by atoms with Crippen molar-refractivity contribution in [3.63, 3.8) is 0 Å². The van der Waals surface area contributed by atoms with Gasteiger partial charge in [-0.2, -0.15) is 0 Å². The normalized spacial score (nSPS) is 18.1. The van der Waals surface area contributed by atoms with Crippen molar-refractivity contribution in [3.05, 3.63) is 59.5 Å². The van der Waals surface area contributed by atoms with E-state index in [-0.39, 0.29) is 17.9 Å². The summed E-state index contributed by atoms with van der Waals surface area (Å²) in [6.07, 6.45) is 3.61. The van der Waals surface area contributed by atoms with E-state index in [1.165, 1.54) is 11.6 Å². The Morgan fingerprint density at radius 1 is 1.22 bits per heavy atom. The van der Waals surface area contributed by atoms with E-state index < -0.39 is 0 Å². The fourth-order valence-corrected chi connectivity index (χ4v) is 4.42. The molecule has 1 saturated heterocycles. The number of ether oxygens (including phenoxy) is 1. The van der Waals surface area contributed by atoms with Crippen molar-refractivity contribution in [1.82, 2.24) is 24.5 Å². The van der Waals surface area contributed by atoms with Crippen LogP contribution in [0, 0.1) is 5.82 Å². The zero-order valence-corrected chi connectivity index (χ0v) is 18.3. The number of nitrogens with two attached hydrogens (primary N) is 1. The summed E-state index contributed by atoms with van der Waals surface area (Å²) in [5.74, 6) is 0.425. The van der Waals surface area contributed by atoms with Gasteiger partial charge in [-0.25, -0.2) is 9.37 Å². The second kappa shape index (κ2) is 8.54. The van der Waals surface area contributed by atoms with E-state index in [1.807, 2.05) is 22.6 Å². The first kappa shape index (κ1) is 20.9. The van der Waals surface area contributed by atoms with Crippen LogP contribution in [0.3, 0.4) is 0 Å². The summed E-state index contributed by atoms with van der Waals surface area (Å²) < 4.78 is 21.5. The largest absolute Gasteiger partial charge is 0.384 e. The molecule has 0 spiro atoms. The van der Waals surface area contributed by atoms with Gasteiger partial charge in [0.05, 0.1) is 12.1 Å². The molecule has 1 aliphatic rings. The van der Waals surface area contributed by atoms with Gasteiger partial charge in [-0.15, -0.1) is 10.2 Å². The minimum atomic E-state index is -0.239. The van der Waals surface area contributed by atoms with E-state index in [4.69, 9.17) is 15.5 Å². The number of methoxy groups -OCH3 is 1. The number of aromatic nitrogens is 4. The van der Waals surface area contributed by atoms with Gasteiger partial charge in [0.2, 0.25) is 0 Å². The highest BCUT2D eigenvalue weighted by molar-refractivity contribution is 5.81. The third-order valence-electron chi connectivity index (χ3n) is 6.37. The van der Waals surface area contributed by atoms with E-state index in [2.05, 4.69) is 34.3 Å². The van der Waals surface area contributed by atoms with Crippen LogP contribution in [-0.2, 0) is 11.2 Å². The Hall–Kier alpha value is -2.94. The molecule has 0 radical (unpaired) electrons. The highest BCUT2D eigenvalue weighted by Crippen LogP contribution is 2.27. The number of pyridine rings is 2. The van der Waals surface area contributed by atoms with Crippen molar-refractivity contribution in [3.8, 4) is 11.5 Å². The quantitative estimate of drug-likeness (QED) is 0.501. The van der Waals surface area contributed by atoms with Gasteiger partial charge in [0, 0.05) is 43.9 Å². The highest BCUT2D eigenvalue weighted by Gasteiger charge is 2.25. The fraction of sp³-hybridized carbons (Fsp3) is 0.375. The number of nitrogens with zero attached hydrogens (tertiary/aromatic N) is 5. The molecule has 7 nitrogen and oxygen atoms in total. The Labute approximate surface area is 186 Å². The lowest BCUT2D eigenvalue weighted by Crippen LogP contribution is -2.28. The van der Waals surface area contributed by atoms with Crippen LogP contribution in [0.15, 0.2) is 42.6 Å². The zero-order chi connectivity index (χ0) is 22.2. The number of fused-ring (bicyclic) bond motifs is 2. The summed E-state index contributed by atoms with van der Waals surface area (Å²) in [4.78, 5) is 7.18. The smallest absolute Gasteiger partial charge is 0.187 e. The maximum Gasteiger partial charge on any atom is 0.187 e. The van der Waals surface area contributed by atoms with Crippen LogP contribution in [0.25, 0.3) is 28.1 Å². The molecule has 8 heteroatoms. The Kier molecular flexibility index (Phi) is 5.58. The van der Waals surface area contributed by atoms with Crippen molar-refractivity contribution < 1.29 is 9.13 Å². The van der Waals surface area contributed by atoms with Gasteiger partial charge in [0.15, 0.2) is 11.5 Å². The van der Waals surface area contributed by atoms with E-state index >= 15 is 0 Å². The number of hydrogen-bond donors (Lipinski definition) is 1. The molecular weight excluding hydrogens is 407 g/mol. The van der Waals surface area contributed by atoms with E-state index in [0.29, 0.717) is 30.1 Å². The summed E-state index contributed by atoms with van der Waals surface area (Å²) in [6.45, 7) is 4.57. The van der Waals surface area contributed by atoms with Crippen molar-refractivity contribution in [2.75, 3.05) is 26.8 Å². The minimum absolute atomic E-state index is 0.239. The van der Waals surface area contributed by atoms with Crippen molar-refractivity contribution in [1.29, 1.82) is 0 Å². The highest BCUT2D eigenvalue weighted by atomic mass is 19.1. The Morgan fingerprint density at radius 3 is 2.88 bits per heavy atom. The minimum Gasteiger partial charge on any atom is -0.384 e. The van der Waals surface area contributed by atoms with E-state index in [9.17, 15) is 4.39 Å². The number of halogens is 1. The molecule has 1 aromatic carbocycles. The van der Waals surface area contributed by atoms with Gasteiger partial charge in [-0.05, 0) is 55.2 Å². The van der Waals surface area contributed by atoms with Crippen LogP contribution >= 0.6 is 0 Å². The summed E-state index contributed by atoms with van der Waals surface area (Å²) in [7, 11) is 1.61. The Morgan fingerprint density at radius 2 is 2.09 bits per heavy atom. The van der Waals surface area contributed by atoms with Crippen molar-refractivity contribution in [2.24, 2.45) is 5.73 Å². The molecule has 0 saturated carbocycles. The molecule has 166 valence electrons. The third-order valence-corrected chi connectivity index (χ3v) is 6.37. The average Bonchev–Trinajstić information content (AvgIpc) is 3.42. The molecule has 4 aromatic rings. The zero-order valence-electron chi connectivity index (χ0n) is 18.3. The maximum atomic E-state index is 14.4. The van der Waals surface area contributed by atoms with Crippen LogP contribution in [0.5, 0.6) is 0 Å². The molecule has 4 heterocycles. The average molecular weight is 435 g/mol. The van der Waals surface area contributed by atoms with Gasteiger partial charge in [0.25, 0.3) is 0 Å². The first-order valence-electron chi connectivity index (χ1n) is 11.0. The van der Waals surface area contributed by atoms with Gasteiger partial charge in [-0.3, -0.25) is 9.30 Å². The number of benzene rings is 1. The summed E-state index contributed by atoms with van der Waals surface area (Å²) in [5, 5.41) is 9.47. The van der Waals surface area contributed by atoms with E-state index in [0.717, 1.165) is 36.1 Å². The molecule has 1 fully saturated rings. The lowest BCUT2D eigenvalue weighted by atomic mass is 10.1. The lowest BCUT2D eigenvalue weighted by molar-refractivity contribution is 0.201. The van der Waals surface area contributed by atoms with Crippen LogP contribution in [0.4, 0.5) is 4.39 Å². The fourth-order valence-electron chi connectivity index (χ4n) is 4.42. The summed E-state index contributed by atoms with van der Waals surface area (Å²) >= 11 is 0. The second-order valence-electron chi connectivity index (χ2n) is 8.51. The Bertz CT molecular complexity index is 1270. The molecule has 5 rings (SSSR count). The first-order valence-corrected chi connectivity index (χ1v) is 11.0. The number of likely N-dealkylation sites (tertiary alicyclic amines) is 1. The van der Waals surface area contributed by atoms with E-state index in [1.54, 1.807) is 13.2 Å². The van der Waals surface area contributed by atoms with Crippen LogP contribution in [-0.4, -0.2) is 57.3 Å². The van der Waals surface area contributed by atoms with Crippen molar-refractivity contribution in [2.45, 2.75) is 31.8 Å². The standard InChI is InChI=1S/C24H27FN6O/c1-15(30-9-7-19(26)14-30)18-4-6-23-28-29-24(31(23)13-18)21-5-3-17-11-20(25)16(8-10-32-2)12-22(17)27-21/h3-6,11-13,15,19H,7-10,14,26H2,1-2H3/t15-,19-/m0/s1. The molecule has 0 unspecified atom stereocenters. The van der Waals surface area contributed by atoms with Crippen molar-refractivity contribution >= 4 is 16.6 Å². The molecular formula is C24H27FN6O. The molecule has 2 atom stereocenters. The molecule has 0 aliphatic carbocycles. The summed E-state index contributed by atoms with van der Waals surface area (Å²) in [6, 6.07) is 11.6. The molecule has 3 aromatic heterocycles. The van der Waals surface area contributed by atoms with Crippen LogP contribution in [0.1, 0.15) is 30.5 Å². The third kappa shape index (κ3) is 3.85. The number of rotatable bonds is 6.